The quantitative estimate of drug-likeness (QED) is 0.811. The number of hydrogen-bond acceptors (Lipinski definition) is 4. The van der Waals surface area contributed by atoms with Gasteiger partial charge in [0.15, 0.2) is 0 Å². The number of hydrogen-bond donors (Lipinski definition) is 0. The molecular weight excluding hydrogens is 310 g/mol. The summed E-state index contributed by atoms with van der Waals surface area (Å²) in [5, 5.41) is 9.66. The summed E-state index contributed by atoms with van der Waals surface area (Å²) in [6.45, 7) is 0.922. The van der Waals surface area contributed by atoms with E-state index in [-0.39, 0.29) is 0 Å². The Bertz CT molecular complexity index is 656. The van der Waals surface area contributed by atoms with Crippen LogP contribution in [0.25, 0.3) is 11.0 Å². The van der Waals surface area contributed by atoms with Crippen molar-refractivity contribution < 1.29 is 0 Å². The van der Waals surface area contributed by atoms with Crippen molar-refractivity contribution in [3.8, 4) is 6.07 Å². The molecule has 1 aliphatic heterocycles. The Balaban J connectivity index is 1.99. The molecule has 0 N–H and O–H groups in total. The molecule has 1 unspecified atom stereocenters. The van der Waals surface area contributed by atoms with E-state index in [9.17, 15) is 0 Å². The minimum absolute atomic E-state index is 0.404. The highest BCUT2D eigenvalue weighted by atomic mass is 35.5. The van der Waals surface area contributed by atoms with Crippen molar-refractivity contribution in [3.63, 3.8) is 0 Å². The van der Waals surface area contributed by atoms with Crippen LogP contribution in [0.5, 0.6) is 0 Å². The van der Waals surface area contributed by atoms with Crippen LogP contribution >= 0.6 is 35.1 Å². The summed E-state index contributed by atoms with van der Waals surface area (Å²) < 4.78 is 2.19. The van der Waals surface area contributed by atoms with Gasteiger partial charge in [-0.25, -0.2) is 4.98 Å². The Kier molecular flexibility index (Phi) is 4.45. The second-order valence-electron chi connectivity index (χ2n) is 4.66. The van der Waals surface area contributed by atoms with Gasteiger partial charge in [-0.05, 0) is 18.2 Å². The minimum atomic E-state index is 0.404. The van der Waals surface area contributed by atoms with Crippen molar-refractivity contribution in [1.29, 1.82) is 5.26 Å². The molecule has 104 valence electrons. The fraction of sp³-hybridized carbons (Fsp3) is 0.429. The maximum Gasteiger partial charge on any atom is 0.124 e. The highest BCUT2D eigenvalue weighted by Gasteiger charge is 2.18. The van der Waals surface area contributed by atoms with Crippen LogP contribution in [0.1, 0.15) is 11.4 Å². The van der Waals surface area contributed by atoms with Crippen LogP contribution in [0.2, 0.25) is 0 Å². The fourth-order valence-electron chi connectivity index (χ4n) is 2.39. The second-order valence-corrected chi connectivity index (χ2v) is 7.48. The van der Waals surface area contributed by atoms with Gasteiger partial charge in [-0.1, -0.05) is 0 Å². The molecule has 1 aromatic heterocycles. The van der Waals surface area contributed by atoms with Gasteiger partial charge in [-0.3, -0.25) is 0 Å². The number of benzene rings is 1. The van der Waals surface area contributed by atoms with Crippen LogP contribution in [-0.2, 0) is 12.4 Å². The molecule has 1 atom stereocenters. The van der Waals surface area contributed by atoms with Gasteiger partial charge in [0.25, 0.3) is 0 Å². The van der Waals surface area contributed by atoms with E-state index in [0.29, 0.717) is 16.7 Å². The Morgan fingerprint density at radius 3 is 3.05 bits per heavy atom. The van der Waals surface area contributed by atoms with E-state index in [1.807, 2.05) is 41.7 Å². The number of halogens is 1. The van der Waals surface area contributed by atoms with Crippen molar-refractivity contribution in [2.75, 3.05) is 17.3 Å². The molecular formula is C14H14ClN3S2. The molecule has 2 heterocycles. The molecule has 3 nitrogen and oxygen atoms in total. The lowest BCUT2D eigenvalue weighted by molar-refractivity contribution is 0.687. The van der Waals surface area contributed by atoms with Crippen LogP contribution in [0.3, 0.4) is 0 Å². The van der Waals surface area contributed by atoms with Crippen molar-refractivity contribution >= 4 is 46.2 Å². The number of thioether (sulfide) groups is 2. The predicted octanol–water partition coefficient (Wildman–Crippen LogP) is 3.50. The number of imidazole rings is 1. The zero-order valence-electron chi connectivity index (χ0n) is 10.9. The fourth-order valence-corrected chi connectivity index (χ4v) is 5.25. The van der Waals surface area contributed by atoms with Crippen molar-refractivity contribution in [1.82, 2.24) is 9.55 Å². The van der Waals surface area contributed by atoms with Crippen molar-refractivity contribution in [2.45, 2.75) is 17.7 Å². The number of nitrogens with zero attached hydrogens (tertiary/aromatic N) is 3. The number of rotatable bonds is 3. The Labute approximate surface area is 131 Å². The van der Waals surface area contributed by atoms with Crippen molar-refractivity contribution in [2.24, 2.45) is 0 Å². The third-order valence-electron chi connectivity index (χ3n) is 3.35. The zero-order chi connectivity index (χ0) is 13.9. The lowest BCUT2D eigenvalue weighted by atomic mass is 10.2. The van der Waals surface area contributed by atoms with E-state index in [2.05, 4.69) is 15.6 Å². The first kappa shape index (κ1) is 14.1. The highest BCUT2D eigenvalue weighted by molar-refractivity contribution is 8.06. The topological polar surface area (TPSA) is 41.6 Å². The first-order valence-electron chi connectivity index (χ1n) is 6.46. The van der Waals surface area contributed by atoms with Crippen LogP contribution in [0.15, 0.2) is 18.2 Å². The van der Waals surface area contributed by atoms with E-state index in [4.69, 9.17) is 16.9 Å². The Morgan fingerprint density at radius 2 is 2.35 bits per heavy atom. The van der Waals surface area contributed by atoms with E-state index in [1.165, 1.54) is 17.3 Å². The molecule has 0 saturated carbocycles. The normalized spacial score (nSPS) is 19.1. The Hall–Kier alpha value is -0.830. The first-order valence-corrected chi connectivity index (χ1v) is 9.20. The number of aromatic nitrogens is 2. The summed E-state index contributed by atoms with van der Waals surface area (Å²) in [4.78, 5) is 4.58. The van der Waals surface area contributed by atoms with Gasteiger partial charge in [0.05, 0.1) is 28.5 Å². The largest absolute Gasteiger partial charge is 0.326 e. The third-order valence-corrected chi connectivity index (χ3v) is 6.41. The maximum atomic E-state index is 9.06. The lowest BCUT2D eigenvalue weighted by Gasteiger charge is -2.22. The highest BCUT2D eigenvalue weighted by Crippen LogP contribution is 2.28. The molecule has 2 aromatic rings. The molecule has 6 heteroatoms. The van der Waals surface area contributed by atoms with Crippen LogP contribution in [-0.4, -0.2) is 32.1 Å². The molecule has 0 bridgehead atoms. The third kappa shape index (κ3) is 2.78. The lowest BCUT2D eigenvalue weighted by Crippen LogP contribution is -2.21. The smallest absolute Gasteiger partial charge is 0.124 e. The van der Waals surface area contributed by atoms with E-state index in [1.54, 1.807) is 0 Å². The molecule has 0 aliphatic carbocycles. The molecule has 1 fully saturated rings. The molecule has 1 aliphatic rings. The first-order chi connectivity index (χ1) is 9.81. The average molecular weight is 324 g/mol. The molecule has 0 spiro atoms. The standard InChI is InChI=1S/C14H14ClN3S2/c15-6-14-17-12-2-1-10(7-16)5-13(12)18(14)8-11-9-19-3-4-20-11/h1-2,5,11H,3-4,6,8-9H2. The van der Waals surface area contributed by atoms with Crippen LogP contribution in [0, 0.1) is 11.3 Å². The number of alkyl halides is 1. The van der Waals surface area contributed by atoms with Gasteiger partial charge >= 0.3 is 0 Å². The molecule has 1 saturated heterocycles. The van der Waals surface area contributed by atoms with Gasteiger partial charge in [-0.2, -0.15) is 28.8 Å². The number of nitriles is 1. The van der Waals surface area contributed by atoms with E-state index >= 15 is 0 Å². The van der Waals surface area contributed by atoms with E-state index in [0.717, 1.165) is 23.4 Å². The summed E-state index contributed by atoms with van der Waals surface area (Å²) in [5.74, 6) is 4.92. The van der Waals surface area contributed by atoms with Gasteiger partial charge < -0.3 is 4.57 Å². The monoisotopic (exact) mass is 323 g/mol. The summed E-state index contributed by atoms with van der Waals surface area (Å²) in [6.07, 6.45) is 0. The van der Waals surface area contributed by atoms with E-state index < -0.39 is 0 Å². The number of fused-ring (bicyclic) bond motifs is 1. The summed E-state index contributed by atoms with van der Waals surface area (Å²) >= 11 is 10.1. The van der Waals surface area contributed by atoms with Gasteiger partial charge in [0.1, 0.15) is 5.82 Å². The summed E-state index contributed by atoms with van der Waals surface area (Å²) in [6, 6.07) is 7.82. The maximum absolute atomic E-state index is 9.06. The van der Waals surface area contributed by atoms with Crippen molar-refractivity contribution in [3.05, 3.63) is 29.6 Å². The summed E-state index contributed by atoms with van der Waals surface area (Å²) in [5.41, 5.74) is 2.62. The average Bonchev–Trinajstić information content (AvgIpc) is 2.85. The predicted molar refractivity (Wildman–Crippen MR) is 87.6 cm³/mol. The van der Waals surface area contributed by atoms with Gasteiger partial charge in [0, 0.05) is 29.1 Å². The molecule has 3 rings (SSSR count). The molecule has 20 heavy (non-hydrogen) atoms. The van der Waals surface area contributed by atoms with Crippen LogP contribution < -0.4 is 0 Å². The Morgan fingerprint density at radius 1 is 1.45 bits per heavy atom. The minimum Gasteiger partial charge on any atom is -0.326 e. The zero-order valence-corrected chi connectivity index (χ0v) is 13.3. The second kappa shape index (κ2) is 6.30. The summed E-state index contributed by atoms with van der Waals surface area (Å²) in [7, 11) is 0. The van der Waals surface area contributed by atoms with Gasteiger partial charge in [-0.15, -0.1) is 11.6 Å². The van der Waals surface area contributed by atoms with Crippen LogP contribution in [0.4, 0.5) is 0 Å². The van der Waals surface area contributed by atoms with Gasteiger partial charge in [0.2, 0.25) is 0 Å². The molecule has 1 aromatic carbocycles. The molecule has 0 amide bonds. The molecule has 0 radical (unpaired) electrons. The SMILES string of the molecule is N#Cc1ccc2nc(CCl)n(CC3CSCCS3)c2c1.